The van der Waals surface area contributed by atoms with E-state index >= 15 is 0 Å². The summed E-state index contributed by atoms with van der Waals surface area (Å²) in [6.45, 7) is 0. The van der Waals surface area contributed by atoms with Gasteiger partial charge in [0, 0.05) is 20.9 Å². The molecular formula is C14H11BrCl2. The van der Waals surface area contributed by atoms with Crippen LogP contribution in [0.3, 0.4) is 0 Å². The average molecular weight is 330 g/mol. The highest BCUT2D eigenvalue weighted by Gasteiger charge is 2.08. The largest absolute Gasteiger partial charge is 0.0924 e. The van der Waals surface area contributed by atoms with E-state index in [1.54, 1.807) is 6.07 Å². The van der Waals surface area contributed by atoms with Crippen LogP contribution in [0.2, 0.25) is 10.0 Å². The van der Waals surface area contributed by atoms with Gasteiger partial charge in [0.15, 0.2) is 0 Å². The van der Waals surface area contributed by atoms with Crippen molar-refractivity contribution in [3.05, 3.63) is 58.1 Å². The highest BCUT2D eigenvalue weighted by atomic mass is 79.9. The van der Waals surface area contributed by atoms with Gasteiger partial charge in [-0.25, -0.2) is 0 Å². The van der Waals surface area contributed by atoms with E-state index in [0.717, 1.165) is 17.3 Å². The molecule has 0 heterocycles. The molecule has 0 radical (unpaired) electrons. The second kappa shape index (κ2) is 5.90. The molecule has 0 N–H and O–H groups in total. The minimum atomic E-state index is 0.664. The van der Waals surface area contributed by atoms with Crippen molar-refractivity contribution in [2.45, 2.75) is 6.42 Å². The van der Waals surface area contributed by atoms with Crippen LogP contribution in [-0.4, -0.2) is 5.33 Å². The zero-order valence-electron chi connectivity index (χ0n) is 9.09. The van der Waals surface area contributed by atoms with Crippen molar-refractivity contribution in [1.82, 2.24) is 0 Å². The van der Waals surface area contributed by atoms with Crippen LogP contribution >= 0.6 is 39.1 Å². The zero-order valence-corrected chi connectivity index (χ0v) is 12.2. The third-order valence-electron chi connectivity index (χ3n) is 2.60. The molecule has 17 heavy (non-hydrogen) atoms. The minimum Gasteiger partial charge on any atom is -0.0924 e. The first-order valence-electron chi connectivity index (χ1n) is 5.31. The Bertz CT molecular complexity index is 523. The van der Waals surface area contributed by atoms with Gasteiger partial charge in [-0.05, 0) is 29.7 Å². The molecule has 0 bridgehead atoms. The predicted molar refractivity (Wildman–Crippen MR) is 79.4 cm³/mol. The van der Waals surface area contributed by atoms with Crippen LogP contribution in [0.25, 0.3) is 11.1 Å². The van der Waals surface area contributed by atoms with Gasteiger partial charge in [-0.15, -0.1) is 0 Å². The highest BCUT2D eigenvalue weighted by Crippen LogP contribution is 2.32. The molecule has 0 nitrogen and oxygen atoms in total. The van der Waals surface area contributed by atoms with Crippen molar-refractivity contribution >= 4 is 39.1 Å². The van der Waals surface area contributed by atoms with Crippen LogP contribution in [0.1, 0.15) is 5.56 Å². The van der Waals surface area contributed by atoms with E-state index in [0.29, 0.717) is 10.0 Å². The first kappa shape index (κ1) is 12.9. The van der Waals surface area contributed by atoms with E-state index in [1.165, 1.54) is 11.1 Å². The maximum absolute atomic E-state index is 6.24. The number of alkyl halides is 1. The Labute approximate surface area is 120 Å². The van der Waals surface area contributed by atoms with Gasteiger partial charge in [0.05, 0.1) is 0 Å². The van der Waals surface area contributed by atoms with Gasteiger partial charge in [0.1, 0.15) is 0 Å². The number of hydrogen-bond acceptors (Lipinski definition) is 0. The Morgan fingerprint density at radius 2 is 1.71 bits per heavy atom. The molecule has 0 aliphatic rings. The molecule has 0 aliphatic heterocycles. The lowest BCUT2D eigenvalue weighted by atomic mass is 9.98. The van der Waals surface area contributed by atoms with E-state index in [-0.39, 0.29) is 0 Å². The summed E-state index contributed by atoms with van der Waals surface area (Å²) in [6.07, 6.45) is 0.981. The number of hydrogen-bond donors (Lipinski definition) is 0. The Balaban J connectivity index is 2.52. The van der Waals surface area contributed by atoms with Crippen molar-refractivity contribution in [1.29, 1.82) is 0 Å². The maximum atomic E-state index is 6.24. The number of aryl methyl sites for hydroxylation is 1. The SMILES string of the molecule is Clc1ccc(-c2ccccc2CCBr)c(Cl)c1. The maximum Gasteiger partial charge on any atom is 0.0499 e. The molecule has 88 valence electrons. The molecule has 0 saturated carbocycles. The number of benzene rings is 2. The van der Waals surface area contributed by atoms with E-state index in [4.69, 9.17) is 23.2 Å². The molecule has 0 fully saturated rings. The fourth-order valence-electron chi connectivity index (χ4n) is 1.81. The molecular weight excluding hydrogens is 319 g/mol. The van der Waals surface area contributed by atoms with E-state index in [1.807, 2.05) is 24.3 Å². The predicted octanol–water partition coefficient (Wildman–Crippen LogP) is 5.60. The molecule has 3 heteroatoms. The van der Waals surface area contributed by atoms with Crippen molar-refractivity contribution in [2.75, 3.05) is 5.33 Å². The van der Waals surface area contributed by atoms with E-state index in [9.17, 15) is 0 Å². The first-order valence-corrected chi connectivity index (χ1v) is 7.19. The van der Waals surface area contributed by atoms with Crippen molar-refractivity contribution < 1.29 is 0 Å². The van der Waals surface area contributed by atoms with Gasteiger partial charge in [-0.2, -0.15) is 0 Å². The topological polar surface area (TPSA) is 0 Å². The third-order valence-corrected chi connectivity index (χ3v) is 3.55. The molecule has 2 aromatic rings. The average Bonchev–Trinajstić information content (AvgIpc) is 2.31. The summed E-state index contributed by atoms with van der Waals surface area (Å²) in [6, 6.07) is 13.9. The van der Waals surface area contributed by atoms with Gasteiger partial charge in [-0.3, -0.25) is 0 Å². The summed E-state index contributed by atoms with van der Waals surface area (Å²) in [7, 11) is 0. The molecule has 0 aromatic heterocycles. The quantitative estimate of drug-likeness (QED) is 0.643. The third kappa shape index (κ3) is 3.04. The summed E-state index contributed by atoms with van der Waals surface area (Å²) in [4.78, 5) is 0. The van der Waals surface area contributed by atoms with Gasteiger partial charge in [0.2, 0.25) is 0 Å². The van der Waals surface area contributed by atoms with Crippen molar-refractivity contribution in [3.8, 4) is 11.1 Å². The van der Waals surface area contributed by atoms with Gasteiger partial charge >= 0.3 is 0 Å². The molecule has 0 aliphatic carbocycles. The Kier molecular flexibility index (Phi) is 4.49. The van der Waals surface area contributed by atoms with E-state index < -0.39 is 0 Å². The molecule has 0 atom stereocenters. The summed E-state index contributed by atoms with van der Waals surface area (Å²) in [5, 5.41) is 2.30. The van der Waals surface area contributed by atoms with Gasteiger partial charge in [0.25, 0.3) is 0 Å². The Hall–Kier alpha value is -0.500. The summed E-state index contributed by atoms with van der Waals surface area (Å²) >= 11 is 15.6. The van der Waals surface area contributed by atoms with Crippen molar-refractivity contribution in [3.63, 3.8) is 0 Å². The second-order valence-corrected chi connectivity index (χ2v) is 5.36. The monoisotopic (exact) mass is 328 g/mol. The van der Waals surface area contributed by atoms with Crippen LogP contribution in [-0.2, 0) is 6.42 Å². The summed E-state index contributed by atoms with van der Waals surface area (Å²) in [5.74, 6) is 0. The second-order valence-electron chi connectivity index (χ2n) is 3.72. The molecule has 2 aromatic carbocycles. The van der Waals surface area contributed by atoms with Crippen LogP contribution in [0.5, 0.6) is 0 Å². The van der Waals surface area contributed by atoms with E-state index in [2.05, 4.69) is 28.1 Å². The zero-order chi connectivity index (χ0) is 12.3. The van der Waals surface area contributed by atoms with Gasteiger partial charge in [-0.1, -0.05) is 69.5 Å². The standard InChI is InChI=1S/C14H11BrCl2/c15-8-7-10-3-1-2-4-12(10)13-6-5-11(16)9-14(13)17/h1-6,9H,7-8H2. The lowest BCUT2D eigenvalue weighted by Gasteiger charge is -2.10. The molecule has 2 rings (SSSR count). The van der Waals surface area contributed by atoms with Crippen molar-refractivity contribution in [2.24, 2.45) is 0 Å². The fraction of sp³-hybridized carbons (Fsp3) is 0.143. The Morgan fingerprint density at radius 3 is 2.41 bits per heavy atom. The Morgan fingerprint density at radius 1 is 0.941 bits per heavy atom. The van der Waals surface area contributed by atoms with Crippen LogP contribution in [0, 0.1) is 0 Å². The fourth-order valence-corrected chi connectivity index (χ4v) is 2.75. The lowest BCUT2D eigenvalue weighted by Crippen LogP contribution is -1.91. The van der Waals surface area contributed by atoms with Crippen LogP contribution < -0.4 is 0 Å². The van der Waals surface area contributed by atoms with Gasteiger partial charge < -0.3 is 0 Å². The first-order chi connectivity index (χ1) is 8.22. The minimum absolute atomic E-state index is 0.664. The normalized spacial score (nSPS) is 10.5. The number of halogens is 3. The lowest BCUT2D eigenvalue weighted by molar-refractivity contribution is 1.17. The number of rotatable bonds is 3. The van der Waals surface area contributed by atoms with Crippen LogP contribution in [0.4, 0.5) is 0 Å². The molecule has 0 saturated heterocycles. The summed E-state index contributed by atoms with van der Waals surface area (Å²) in [5.41, 5.74) is 3.50. The molecule has 0 unspecified atom stereocenters. The highest BCUT2D eigenvalue weighted by molar-refractivity contribution is 9.09. The smallest absolute Gasteiger partial charge is 0.0499 e. The molecule has 0 amide bonds. The molecule has 0 spiro atoms. The van der Waals surface area contributed by atoms with Crippen LogP contribution in [0.15, 0.2) is 42.5 Å². The summed E-state index contributed by atoms with van der Waals surface area (Å²) < 4.78 is 0.